The quantitative estimate of drug-likeness (QED) is 0.371. The predicted octanol–water partition coefficient (Wildman–Crippen LogP) is 1.23. The molecule has 0 aromatic rings. The van der Waals surface area contributed by atoms with E-state index in [1.807, 2.05) is 6.08 Å². The van der Waals surface area contributed by atoms with Crippen LogP contribution in [0.5, 0.6) is 0 Å². The van der Waals surface area contributed by atoms with Gasteiger partial charge < -0.3 is 10.5 Å². The molecule has 0 aliphatic carbocycles. The minimum absolute atomic E-state index is 0.325. The summed E-state index contributed by atoms with van der Waals surface area (Å²) in [6.45, 7) is 3.61. The Labute approximate surface area is 73.6 Å². The van der Waals surface area contributed by atoms with Gasteiger partial charge >= 0.3 is 5.97 Å². The maximum Gasteiger partial charge on any atom is 0.322 e. The number of hydrogen-bond acceptors (Lipinski definition) is 3. The van der Waals surface area contributed by atoms with Crippen molar-refractivity contribution in [2.75, 3.05) is 7.11 Å². The van der Waals surface area contributed by atoms with Crippen LogP contribution in [-0.4, -0.2) is 19.1 Å². The highest BCUT2D eigenvalue weighted by Crippen LogP contribution is 2.03. The summed E-state index contributed by atoms with van der Waals surface area (Å²) in [6, 6.07) is -0.459. The molecule has 0 saturated heterocycles. The van der Waals surface area contributed by atoms with Crippen LogP contribution >= 0.6 is 0 Å². The molecule has 0 unspecified atom stereocenters. The first-order chi connectivity index (χ1) is 5.72. The molecule has 0 saturated carbocycles. The molecular weight excluding hydrogens is 154 g/mol. The van der Waals surface area contributed by atoms with Crippen molar-refractivity contribution in [2.24, 2.45) is 5.73 Å². The van der Waals surface area contributed by atoms with E-state index in [1.165, 1.54) is 7.11 Å². The molecule has 3 nitrogen and oxygen atoms in total. The van der Waals surface area contributed by atoms with Crippen LogP contribution in [-0.2, 0) is 9.53 Å². The van der Waals surface area contributed by atoms with E-state index in [0.29, 0.717) is 6.42 Å². The van der Waals surface area contributed by atoms with Crippen molar-refractivity contribution in [3.05, 3.63) is 12.7 Å². The molecule has 1 atom stereocenters. The Morgan fingerprint density at radius 2 is 2.33 bits per heavy atom. The average molecular weight is 171 g/mol. The van der Waals surface area contributed by atoms with Crippen LogP contribution in [0, 0.1) is 0 Å². The number of carbonyl (C=O) groups is 1. The fourth-order valence-electron chi connectivity index (χ4n) is 0.922. The summed E-state index contributed by atoms with van der Waals surface area (Å²) in [5.74, 6) is -0.325. The molecule has 0 aromatic carbocycles. The van der Waals surface area contributed by atoms with Crippen molar-refractivity contribution in [3.63, 3.8) is 0 Å². The third kappa shape index (κ3) is 4.91. The van der Waals surface area contributed by atoms with Crippen LogP contribution in [0.1, 0.15) is 25.7 Å². The summed E-state index contributed by atoms with van der Waals surface area (Å²) in [5.41, 5.74) is 5.51. The molecule has 0 rings (SSSR count). The molecule has 0 bridgehead atoms. The zero-order valence-electron chi connectivity index (χ0n) is 7.58. The second-order valence-corrected chi connectivity index (χ2v) is 2.70. The van der Waals surface area contributed by atoms with Gasteiger partial charge in [0.25, 0.3) is 0 Å². The third-order valence-corrected chi connectivity index (χ3v) is 1.68. The van der Waals surface area contributed by atoms with Gasteiger partial charge in [0.1, 0.15) is 6.04 Å². The highest BCUT2D eigenvalue weighted by atomic mass is 16.5. The Morgan fingerprint density at radius 1 is 1.67 bits per heavy atom. The number of nitrogens with two attached hydrogens (primary N) is 1. The monoisotopic (exact) mass is 171 g/mol. The van der Waals surface area contributed by atoms with Crippen LogP contribution in [0.3, 0.4) is 0 Å². The predicted molar refractivity (Wildman–Crippen MR) is 48.7 cm³/mol. The van der Waals surface area contributed by atoms with Gasteiger partial charge in [-0.05, 0) is 19.3 Å². The topological polar surface area (TPSA) is 52.3 Å². The number of hydrogen-bond donors (Lipinski definition) is 1. The van der Waals surface area contributed by atoms with Crippen molar-refractivity contribution in [2.45, 2.75) is 31.7 Å². The largest absolute Gasteiger partial charge is 0.468 e. The first kappa shape index (κ1) is 11.2. The minimum Gasteiger partial charge on any atom is -0.468 e. The third-order valence-electron chi connectivity index (χ3n) is 1.68. The van der Waals surface area contributed by atoms with E-state index in [9.17, 15) is 4.79 Å². The number of esters is 1. The number of carbonyl (C=O) groups excluding carboxylic acids is 1. The molecular formula is C9H17NO2. The molecule has 0 amide bonds. The molecule has 0 aromatic heterocycles. The number of unbranched alkanes of at least 4 members (excludes halogenated alkanes) is 2. The number of rotatable bonds is 6. The number of allylic oxidation sites excluding steroid dienone is 1. The number of methoxy groups -OCH3 is 1. The summed E-state index contributed by atoms with van der Waals surface area (Å²) < 4.78 is 4.48. The molecule has 0 radical (unpaired) electrons. The van der Waals surface area contributed by atoms with Crippen LogP contribution in [0.2, 0.25) is 0 Å². The van der Waals surface area contributed by atoms with E-state index in [0.717, 1.165) is 19.3 Å². The van der Waals surface area contributed by atoms with Crippen LogP contribution in [0.4, 0.5) is 0 Å². The SMILES string of the molecule is C=CCCCC[C@H](N)C(=O)OC. The van der Waals surface area contributed by atoms with Gasteiger partial charge in [0.2, 0.25) is 0 Å². The van der Waals surface area contributed by atoms with Gasteiger partial charge in [0.05, 0.1) is 7.11 Å². The molecule has 0 fully saturated rings. The van der Waals surface area contributed by atoms with Gasteiger partial charge in [0.15, 0.2) is 0 Å². The fourth-order valence-corrected chi connectivity index (χ4v) is 0.922. The van der Waals surface area contributed by atoms with Crippen molar-refractivity contribution in [3.8, 4) is 0 Å². The minimum atomic E-state index is -0.459. The van der Waals surface area contributed by atoms with Crippen LogP contribution in [0.25, 0.3) is 0 Å². The van der Waals surface area contributed by atoms with E-state index in [2.05, 4.69) is 11.3 Å². The van der Waals surface area contributed by atoms with Crippen molar-refractivity contribution in [1.82, 2.24) is 0 Å². The van der Waals surface area contributed by atoms with Gasteiger partial charge in [-0.1, -0.05) is 12.5 Å². The maximum atomic E-state index is 10.8. The lowest BCUT2D eigenvalue weighted by molar-refractivity contribution is -0.142. The lowest BCUT2D eigenvalue weighted by Gasteiger charge is -2.07. The normalized spacial score (nSPS) is 12.2. The standard InChI is InChI=1S/C9H17NO2/c1-3-4-5-6-7-8(10)9(11)12-2/h3,8H,1,4-7,10H2,2H3/t8-/m0/s1. The van der Waals surface area contributed by atoms with Gasteiger partial charge in [-0.15, -0.1) is 6.58 Å². The summed E-state index contributed by atoms with van der Waals surface area (Å²) in [6.07, 6.45) is 5.52. The number of ether oxygens (including phenoxy) is 1. The molecule has 70 valence electrons. The second kappa shape index (κ2) is 6.85. The molecule has 0 aliphatic heterocycles. The molecule has 12 heavy (non-hydrogen) atoms. The molecule has 3 heteroatoms. The van der Waals surface area contributed by atoms with Gasteiger partial charge in [-0.2, -0.15) is 0 Å². The van der Waals surface area contributed by atoms with E-state index >= 15 is 0 Å². The Hall–Kier alpha value is -0.830. The molecule has 2 N–H and O–H groups in total. The zero-order valence-corrected chi connectivity index (χ0v) is 7.58. The summed E-state index contributed by atoms with van der Waals surface area (Å²) >= 11 is 0. The van der Waals surface area contributed by atoms with E-state index in [1.54, 1.807) is 0 Å². The zero-order chi connectivity index (χ0) is 9.40. The smallest absolute Gasteiger partial charge is 0.322 e. The maximum absolute atomic E-state index is 10.8. The van der Waals surface area contributed by atoms with Gasteiger partial charge in [0, 0.05) is 0 Å². The Bertz CT molecular complexity index is 145. The highest BCUT2D eigenvalue weighted by molar-refractivity contribution is 5.75. The Balaban J connectivity index is 3.36. The summed E-state index contributed by atoms with van der Waals surface area (Å²) in [4.78, 5) is 10.8. The first-order valence-corrected chi connectivity index (χ1v) is 4.16. The van der Waals surface area contributed by atoms with E-state index in [-0.39, 0.29) is 5.97 Å². The second-order valence-electron chi connectivity index (χ2n) is 2.70. The highest BCUT2D eigenvalue weighted by Gasteiger charge is 2.11. The van der Waals surface area contributed by atoms with Crippen LogP contribution < -0.4 is 5.73 Å². The average Bonchev–Trinajstić information content (AvgIpc) is 2.10. The van der Waals surface area contributed by atoms with Crippen molar-refractivity contribution >= 4 is 5.97 Å². The van der Waals surface area contributed by atoms with E-state index in [4.69, 9.17) is 5.73 Å². The first-order valence-electron chi connectivity index (χ1n) is 4.16. The fraction of sp³-hybridized carbons (Fsp3) is 0.667. The Morgan fingerprint density at radius 3 is 2.83 bits per heavy atom. The Kier molecular flexibility index (Phi) is 6.38. The van der Waals surface area contributed by atoms with E-state index < -0.39 is 6.04 Å². The lowest BCUT2D eigenvalue weighted by Crippen LogP contribution is -2.31. The summed E-state index contributed by atoms with van der Waals surface area (Å²) in [5, 5.41) is 0. The van der Waals surface area contributed by atoms with Gasteiger partial charge in [-0.25, -0.2) is 0 Å². The van der Waals surface area contributed by atoms with Crippen LogP contribution in [0.15, 0.2) is 12.7 Å². The molecule has 0 heterocycles. The van der Waals surface area contributed by atoms with Crippen molar-refractivity contribution in [1.29, 1.82) is 0 Å². The molecule has 0 aliphatic rings. The van der Waals surface area contributed by atoms with Crippen molar-refractivity contribution < 1.29 is 9.53 Å². The lowest BCUT2D eigenvalue weighted by atomic mass is 10.1. The van der Waals surface area contributed by atoms with Gasteiger partial charge in [-0.3, -0.25) is 4.79 Å². The summed E-state index contributed by atoms with van der Waals surface area (Å²) in [7, 11) is 1.35. The molecule has 0 spiro atoms.